The van der Waals surface area contributed by atoms with Crippen molar-refractivity contribution in [3.05, 3.63) is 64.4 Å². The van der Waals surface area contributed by atoms with E-state index in [-0.39, 0.29) is 5.82 Å². The van der Waals surface area contributed by atoms with Crippen LogP contribution in [0.1, 0.15) is 24.0 Å². The van der Waals surface area contributed by atoms with Crippen LogP contribution in [0.5, 0.6) is 5.75 Å². The van der Waals surface area contributed by atoms with Crippen molar-refractivity contribution in [1.29, 1.82) is 0 Å². The van der Waals surface area contributed by atoms with E-state index < -0.39 is 0 Å². The Kier molecular flexibility index (Phi) is 4.42. The molecule has 0 radical (unpaired) electrons. The second-order valence-corrected chi connectivity index (χ2v) is 5.76. The topological polar surface area (TPSA) is 21.3 Å². The lowest BCUT2D eigenvalue weighted by atomic mass is 10.2. The molecule has 0 aromatic heterocycles. The maximum atomic E-state index is 13.2. The van der Waals surface area contributed by atoms with E-state index in [4.69, 9.17) is 16.3 Å². The van der Waals surface area contributed by atoms with Crippen LogP contribution in [0.15, 0.2) is 42.5 Å². The Morgan fingerprint density at radius 3 is 2.81 bits per heavy atom. The van der Waals surface area contributed by atoms with E-state index in [0.29, 0.717) is 17.7 Å². The summed E-state index contributed by atoms with van der Waals surface area (Å²) in [5, 5.41) is 4.14. The van der Waals surface area contributed by atoms with Gasteiger partial charge < -0.3 is 10.1 Å². The molecule has 0 atom stereocenters. The summed E-state index contributed by atoms with van der Waals surface area (Å²) in [4.78, 5) is 0. The van der Waals surface area contributed by atoms with Crippen LogP contribution >= 0.6 is 11.6 Å². The molecule has 4 heteroatoms. The molecular formula is C17H17ClFNO. The van der Waals surface area contributed by atoms with Crippen molar-refractivity contribution < 1.29 is 9.13 Å². The van der Waals surface area contributed by atoms with Gasteiger partial charge in [0.1, 0.15) is 18.2 Å². The van der Waals surface area contributed by atoms with Gasteiger partial charge in [0.05, 0.1) is 0 Å². The van der Waals surface area contributed by atoms with Crippen molar-refractivity contribution in [1.82, 2.24) is 5.32 Å². The number of rotatable bonds is 6. The van der Waals surface area contributed by atoms with Crippen LogP contribution in [0.3, 0.4) is 0 Å². The lowest BCUT2D eigenvalue weighted by Crippen LogP contribution is -2.16. The van der Waals surface area contributed by atoms with Crippen molar-refractivity contribution in [3.8, 4) is 5.75 Å². The Morgan fingerprint density at radius 1 is 1.19 bits per heavy atom. The summed E-state index contributed by atoms with van der Waals surface area (Å²) in [6, 6.07) is 12.7. The summed E-state index contributed by atoms with van der Waals surface area (Å²) in [5.74, 6) is 0.541. The molecule has 1 fully saturated rings. The van der Waals surface area contributed by atoms with E-state index in [1.165, 1.54) is 25.0 Å². The number of hydrogen-bond acceptors (Lipinski definition) is 2. The van der Waals surface area contributed by atoms with Crippen molar-refractivity contribution in [2.45, 2.75) is 32.0 Å². The zero-order valence-corrected chi connectivity index (χ0v) is 12.4. The first-order chi connectivity index (χ1) is 10.2. The Labute approximate surface area is 128 Å². The predicted molar refractivity (Wildman–Crippen MR) is 82.0 cm³/mol. The minimum absolute atomic E-state index is 0.247. The van der Waals surface area contributed by atoms with Crippen LogP contribution in [-0.4, -0.2) is 6.04 Å². The summed E-state index contributed by atoms with van der Waals surface area (Å²) < 4.78 is 19.0. The van der Waals surface area contributed by atoms with Gasteiger partial charge >= 0.3 is 0 Å². The van der Waals surface area contributed by atoms with Crippen molar-refractivity contribution in [2.75, 3.05) is 0 Å². The van der Waals surface area contributed by atoms with Crippen LogP contribution in [0.4, 0.5) is 4.39 Å². The van der Waals surface area contributed by atoms with Gasteiger partial charge in [-0.2, -0.15) is 0 Å². The normalized spacial score (nSPS) is 14.2. The van der Waals surface area contributed by atoms with Crippen molar-refractivity contribution in [3.63, 3.8) is 0 Å². The Balaban J connectivity index is 1.68. The molecule has 0 unspecified atom stereocenters. The quantitative estimate of drug-likeness (QED) is 0.858. The fourth-order valence-corrected chi connectivity index (χ4v) is 2.35. The highest BCUT2D eigenvalue weighted by molar-refractivity contribution is 6.30. The summed E-state index contributed by atoms with van der Waals surface area (Å²) >= 11 is 6.05. The minimum Gasteiger partial charge on any atom is -0.489 e. The van der Waals surface area contributed by atoms with Gasteiger partial charge in [0.15, 0.2) is 0 Å². The SMILES string of the molecule is Fc1cccc(COc2ccc(Cl)cc2CNC2CC2)c1. The molecule has 2 aromatic carbocycles. The Bertz CT molecular complexity index is 628. The van der Waals surface area contributed by atoms with Crippen molar-refractivity contribution in [2.24, 2.45) is 0 Å². The molecule has 3 rings (SSSR count). The maximum absolute atomic E-state index is 13.2. The summed E-state index contributed by atoms with van der Waals surface area (Å²) in [6.07, 6.45) is 2.47. The molecule has 1 aliphatic rings. The molecule has 0 spiro atoms. The standard InChI is InChI=1S/C17H17ClFNO/c18-14-4-7-17(13(9-14)10-20-16-5-6-16)21-11-12-2-1-3-15(19)8-12/h1-4,7-9,16,20H,5-6,10-11H2. The lowest BCUT2D eigenvalue weighted by molar-refractivity contribution is 0.301. The molecular weight excluding hydrogens is 289 g/mol. The summed E-state index contributed by atoms with van der Waals surface area (Å²) in [7, 11) is 0. The van der Waals surface area contributed by atoms with E-state index in [9.17, 15) is 4.39 Å². The monoisotopic (exact) mass is 305 g/mol. The first-order valence-electron chi connectivity index (χ1n) is 7.10. The Hall–Kier alpha value is -1.58. The minimum atomic E-state index is -0.247. The van der Waals surface area contributed by atoms with E-state index >= 15 is 0 Å². The molecule has 0 heterocycles. The smallest absolute Gasteiger partial charge is 0.124 e. The molecule has 110 valence electrons. The second-order valence-electron chi connectivity index (χ2n) is 5.33. The molecule has 21 heavy (non-hydrogen) atoms. The van der Waals surface area contributed by atoms with Gasteiger partial charge in [0, 0.05) is 23.2 Å². The number of hydrogen-bond donors (Lipinski definition) is 1. The highest BCUT2D eigenvalue weighted by atomic mass is 35.5. The fraction of sp³-hybridized carbons (Fsp3) is 0.294. The van der Waals surface area contributed by atoms with Gasteiger partial charge in [-0.3, -0.25) is 0 Å². The maximum Gasteiger partial charge on any atom is 0.124 e. The van der Waals surface area contributed by atoms with Gasteiger partial charge in [-0.05, 0) is 48.7 Å². The van der Waals surface area contributed by atoms with Gasteiger partial charge in [-0.25, -0.2) is 4.39 Å². The molecule has 0 saturated heterocycles. The van der Waals surface area contributed by atoms with Crippen molar-refractivity contribution >= 4 is 11.6 Å². The zero-order valence-electron chi connectivity index (χ0n) is 11.6. The van der Waals surface area contributed by atoms with Crippen LogP contribution in [-0.2, 0) is 13.2 Å². The second kappa shape index (κ2) is 6.46. The van der Waals surface area contributed by atoms with Crippen LogP contribution in [0, 0.1) is 5.82 Å². The average Bonchev–Trinajstić information content (AvgIpc) is 3.28. The predicted octanol–water partition coefficient (Wildman–Crippen LogP) is 4.31. The first kappa shape index (κ1) is 14.4. The van der Waals surface area contributed by atoms with Crippen LogP contribution in [0.2, 0.25) is 5.02 Å². The molecule has 0 aliphatic heterocycles. The van der Waals surface area contributed by atoms with Gasteiger partial charge in [-0.1, -0.05) is 23.7 Å². The third-order valence-corrected chi connectivity index (χ3v) is 3.70. The van der Waals surface area contributed by atoms with E-state index in [0.717, 1.165) is 23.4 Å². The number of benzene rings is 2. The zero-order chi connectivity index (χ0) is 14.7. The lowest BCUT2D eigenvalue weighted by Gasteiger charge is -2.13. The number of ether oxygens (including phenoxy) is 1. The van der Waals surface area contributed by atoms with Crippen LogP contribution < -0.4 is 10.1 Å². The summed E-state index contributed by atoms with van der Waals surface area (Å²) in [6.45, 7) is 1.08. The molecule has 2 nitrogen and oxygen atoms in total. The molecule has 0 amide bonds. The largest absolute Gasteiger partial charge is 0.489 e. The number of halogens is 2. The highest BCUT2D eigenvalue weighted by Gasteiger charge is 2.20. The van der Waals surface area contributed by atoms with Crippen LogP contribution in [0.25, 0.3) is 0 Å². The number of nitrogens with one attached hydrogen (secondary N) is 1. The van der Waals surface area contributed by atoms with Gasteiger partial charge in [0.25, 0.3) is 0 Å². The van der Waals surface area contributed by atoms with E-state index in [2.05, 4.69) is 5.32 Å². The van der Waals surface area contributed by atoms with E-state index in [1.807, 2.05) is 24.3 Å². The van der Waals surface area contributed by atoms with Gasteiger partial charge in [-0.15, -0.1) is 0 Å². The molecule has 2 aromatic rings. The molecule has 1 N–H and O–H groups in total. The molecule has 0 bridgehead atoms. The van der Waals surface area contributed by atoms with E-state index in [1.54, 1.807) is 6.07 Å². The fourth-order valence-electron chi connectivity index (χ4n) is 2.16. The highest BCUT2D eigenvalue weighted by Crippen LogP contribution is 2.26. The average molecular weight is 306 g/mol. The Morgan fingerprint density at radius 2 is 2.05 bits per heavy atom. The summed E-state index contributed by atoms with van der Waals surface area (Å²) in [5.41, 5.74) is 1.84. The molecule has 1 aliphatic carbocycles. The third-order valence-electron chi connectivity index (χ3n) is 3.46. The molecule has 1 saturated carbocycles. The van der Waals surface area contributed by atoms with Gasteiger partial charge in [0.2, 0.25) is 0 Å². The third kappa shape index (κ3) is 4.19. The first-order valence-corrected chi connectivity index (χ1v) is 7.47.